The lowest BCUT2D eigenvalue weighted by atomic mass is 10.1. The van der Waals surface area contributed by atoms with Crippen molar-refractivity contribution in [3.05, 3.63) is 17.9 Å². The van der Waals surface area contributed by atoms with Crippen molar-refractivity contribution in [1.29, 1.82) is 0 Å². The van der Waals surface area contributed by atoms with Crippen molar-refractivity contribution in [3.63, 3.8) is 0 Å². The van der Waals surface area contributed by atoms with E-state index in [-0.39, 0.29) is 11.9 Å². The molecule has 18 heavy (non-hydrogen) atoms. The number of benzene rings is 1. The van der Waals surface area contributed by atoms with Gasteiger partial charge in [-0.2, -0.15) is 0 Å². The molecule has 2 rings (SSSR count). The molecule has 1 aromatic rings. The van der Waals surface area contributed by atoms with Crippen LogP contribution in [-0.2, 0) is 0 Å². The summed E-state index contributed by atoms with van der Waals surface area (Å²) in [7, 11) is 0. The van der Waals surface area contributed by atoms with Crippen LogP contribution in [0.1, 0.15) is 33.6 Å². The van der Waals surface area contributed by atoms with E-state index >= 15 is 0 Å². The van der Waals surface area contributed by atoms with Crippen LogP contribution in [0.2, 0.25) is 0 Å². The second-order valence-electron chi connectivity index (χ2n) is 5.70. The van der Waals surface area contributed by atoms with Crippen molar-refractivity contribution >= 4 is 11.4 Å². The van der Waals surface area contributed by atoms with Gasteiger partial charge < -0.3 is 15.8 Å². The van der Waals surface area contributed by atoms with Gasteiger partial charge in [-0.15, -0.1) is 0 Å². The zero-order valence-corrected chi connectivity index (χ0v) is 11.2. The summed E-state index contributed by atoms with van der Waals surface area (Å²) < 4.78 is 19.1. The van der Waals surface area contributed by atoms with E-state index in [2.05, 4.69) is 12.2 Å². The molecule has 0 atom stereocenters. The van der Waals surface area contributed by atoms with Gasteiger partial charge >= 0.3 is 0 Å². The minimum absolute atomic E-state index is 0.0584. The fraction of sp³-hybridized carbons (Fsp3) is 0.571. The summed E-state index contributed by atoms with van der Waals surface area (Å²) in [5, 5.41) is 3.28. The van der Waals surface area contributed by atoms with Gasteiger partial charge in [0.05, 0.1) is 17.5 Å². The van der Waals surface area contributed by atoms with Crippen LogP contribution >= 0.6 is 0 Å². The molecule has 0 bridgehead atoms. The van der Waals surface area contributed by atoms with E-state index < -0.39 is 5.82 Å². The van der Waals surface area contributed by atoms with Gasteiger partial charge in [0.15, 0.2) is 11.6 Å². The standard InChI is InChI=1S/C14H21FN2O/c1-9(2)18-13-7-12(11(16)6-10(13)15)17-8-14(3)4-5-14/h6-7,9,17H,4-5,8,16H2,1-3H3. The first kappa shape index (κ1) is 13.0. The van der Waals surface area contributed by atoms with E-state index in [0.29, 0.717) is 11.1 Å². The first-order valence-electron chi connectivity index (χ1n) is 6.39. The molecule has 0 spiro atoms. The van der Waals surface area contributed by atoms with Crippen molar-refractivity contribution in [2.24, 2.45) is 5.41 Å². The van der Waals surface area contributed by atoms with Gasteiger partial charge in [-0.25, -0.2) is 4.39 Å². The number of ether oxygens (including phenoxy) is 1. The Kier molecular flexibility index (Phi) is 3.37. The fourth-order valence-corrected chi connectivity index (χ4v) is 1.76. The SMILES string of the molecule is CC(C)Oc1cc(NCC2(C)CC2)c(N)cc1F. The van der Waals surface area contributed by atoms with Crippen molar-refractivity contribution in [2.75, 3.05) is 17.6 Å². The van der Waals surface area contributed by atoms with E-state index in [1.54, 1.807) is 6.07 Å². The van der Waals surface area contributed by atoms with Crippen molar-refractivity contribution in [3.8, 4) is 5.75 Å². The van der Waals surface area contributed by atoms with Gasteiger partial charge in [-0.1, -0.05) is 6.92 Å². The molecule has 0 aromatic heterocycles. The smallest absolute Gasteiger partial charge is 0.167 e. The largest absolute Gasteiger partial charge is 0.488 e. The third-order valence-corrected chi connectivity index (χ3v) is 3.28. The molecule has 1 fully saturated rings. The molecule has 1 aliphatic rings. The molecule has 100 valence electrons. The third kappa shape index (κ3) is 3.06. The van der Waals surface area contributed by atoms with Crippen molar-refractivity contribution in [1.82, 2.24) is 0 Å². The number of nitrogens with two attached hydrogens (primary N) is 1. The van der Waals surface area contributed by atoms with Gasteiger partial charge in [0, 0.05) is 18.7 Å². The molecule has 3 N–H and O–H groups in total. The summed E-state index contributed by atoms with van der Waals surface area (Å²) >= 11 is 0. The lowest BCUT2D eigenvalue weighted by molar-refractivity contribution is 0.231. The van der Waals surface area contributed by atoms with E-state index in [1.807, 2.05) is 13.8 Å². The zero-order chi connectivity index (χ0) is 13.3. The zero-order valence-electron chi connectivity index (χ0n) is 11.2. The number of nitrogen functional groups attached to an aromatic ring is 1. The molecule has 0 aliphatic heterocycles. The minimum atomic E-state index is -0.413. The van der Waals surface area contributed by atoms with Crippen LogP contribution in [0.15, 0.2) is 12.1 Å². The molecular weight excluding hydrogens is 231 g/mol. The van der Waals surface area contributed by atoms with Crippen LogP contribution in [0.5, 0.6) is 5.75 Å². The van der Waals surface area contributed by atoms with E-state index in [0.717, 1.165) is 12.2 Å². The highest BCUT2D eigenvalue weighted by Gasteiger charge is 2.36. The number of halogens is 1. The Hall–Kier alpha value is -1.45. The van der Waals surface area contributed by atoms with Crippen LogP contribution in [0.3, 0.4) is 0 Å². The molecule has 0 saturated heterocycles. The second-order valence-corrected chi connectivity index (χ2v) is 5.70. The van der Waals surface area contributed by atoms with E-state index in [9.17, 15) is 4.39 Å². The molecule has 0 heterocycles. The Balaban J connectivity index is 2.12. The number of rotatable bonds is 5. The maximum Gasteiger partial charge on any atom is 0.167 e. The van der Waals surface area contributed by atoms with Crippen molar-refractivity contribution < 1.29 is 9.13 Å². The van der Waals surface area contributed by atoms with Crippen molar-refractivity contribution in [2.45, 2.75) is 39.7 Å². The molecule has 0 radical (unpaired) electrons. The summed E-state index contributed by atoms with van der Waals surface area (Å²) in [5.74, 6) is -0.160. The maximum absolute atomic E-state index is 13.6. The monoisotopic (exact) mass is 252 g/mol. The summed E-state index contributed by atoms with van der Waals surface area (Å²) in [5.41, 5.74) is 7.36. The molecule has 0 amide bonds. The number of hydrogen-bond donors (Lipinski definition) is 2. The molecular formula is C14H21FN2O. The first-order chi connectivity index (χ1) is 8.39. The molecule has 3 nitrogen and oxygen atoms in total. The topological polar surface area (TPSA) is 47.3 Å². The summed E-state index contributed by atoms with van der Waals surface area (Å²) in [4.78, 5) is 0. The van der Waals surface area contributed by atoms with Gasteiger partial charge in [0.1, 0.15) is 0 Å². The maximum atomic E-state index is 13.6. The Bertz CT molecular complexity index is 442. The highest BCUT2D eigenvalue weighted by molar-refractivity contribution is 5.68. The predicted octanol–water partition coefficient (Wildman–Crippen LogP) is 3.41. The normalized spacial score (nSPS) is 16.7. The lowest BCUT2D eigenvalue weighted by Gasteiger charge is -2.16. The Morgan fingerprint density at radius 1 is 1.44 bits per heavy atom. The quantitative estimate of drug-likeness (QED) is 0.789. The highest BCUT2D eigenvalue weighted by Crippen LogP contribution is 2.45. The third-order valence-electron chi connectivity index (χ3n) is 3.28. The molecule has 1 saturated carbocycles. The van der Waals surface area contributed by atoms with E-state index in [4.69, 9.17) is 10.5 Å². The highest BCUT2D eigenvalue weighted by atomic mass is 19.1. The van der Waals surface area contributed by atoms with Gasteiger partial charge in [0.2, 0.25) is 0 Å². The molecule has 1 aromatic carbocycles. The molecule has 0 unspecified atom stereocenters. The summed E-state index contributed by atoms with van der Waals surface area (Å²) in [6.45, 7) is 6.83. The Labute approximate surface area is 108 Å². The van der Waals surface area contributed by atoms with Crippen LogP contribution < -0.4 is 15.8 Å². The van der Waals surface area contributed by atoms with Crippen LogP contribution in [-0.4, -0.2) is 12.6 Å². The fourth-order valence-electron chi connectivity index (χ4n) is 1.76. The summed E-state index contributed by atoms with van der Waals surface area (Å²) in [6, 6.07) is 2.96. The number of anilines is 2. The van der Waals surface area contributed by atoms with Crippen LogP contribution in [0.4, 0.5) is 15.8 Å². The van der Waals surface area contributed by atoms with Crippen LogP contribution in [0, 0.1) is 11.2 Å². The Morgan fingerprint density at radius 2 is 2.11 bits per heavy atom. The Morgan fingerprint density at radius 3 is 2.67 bits per heavy atom. The second kappa shape index (κ2) is 4.67. The minimum Gasteiger partial charge on any atom is -0.488 e. The first-order valence-corrected chi connectivity index (χ1v) is 6.39. The van der Waals surface area contributed by atoms with Crippen LogP contribution in [0.25, 0.3) is 0 Å². The van der Waals surface area contributed by atoms with Gasteiger partial charge in [-0.05, 0) is 32.1 Å². The lowest BCUT2D eigenvalue weighted by Crippen LogP contribution is -2.14. The number of hydrogen-bond acceptors (Lipinski definition) is 3. The molecule has 1 aliphatic carbocycles. The van der Waals surface area contributed by atoms with E-state index in [1.165, 1.54) is 18.9 Å². The van der Waals surface area contributed by atoms with Gasteiger partial charge in [-0.3, -0.25) is 0 Å². The predicted molar refractivity (Wildman–Crippen MR) is 72.4 cm³/mol. The average Bonchev–Trinajstić information content (AvgIpc) is 2.99. The summed E-state index contributed by atoms with van der Waals surface area (Å²) in [6.07, 6.45) is 2.41. The molecule has 4 heteroatoms. The average molecular weight is 252 g/mol. The number of nitrogens with one attached hydrogen (secondary N) is 1. The van der Waals surface area contributed by atoms with Gasteiger partial charge in [0.25, 0.3) is 0 Å².